The molecule has 0 fully saturated rings. The fourth-order valence-corrected chi connectivity index (χ4v) is 1.85. The highest BCUT2D eigenvalue weighted by molar-refractivity contribution is 5.21. The molecule has 1 rings (SSSR count). The van der Waals surface area contributed by atoms with Crippen molar-refractivity contribution in [2.75, 3.05) is 6.54 Å². The van der Waals surface area contributed by atoms with Crippen molar-refractivity contribution in [1.29, 1.82) is 0 Å². The number of halogens is 2. The van der Waals surface area contributed by atoms with E-state index in [2.05, 4.69) is 5.32 Å². The lowest BCUT2D eigenvalue weighted by molar-refractivity contribution is 0.106. The summed E-state index contributed by atoms with van der Waals surface area (Å²) in [5.41, 5.74) is 0.392. The zero-order valence-corrected chi connectivity index (χ0v) is 10.4. The number of benzene rings is 1. The van der Waals surface area contributed by atoms with Crippen LogP contribution in [0.1, 0.15) is 32.4 Å². The molecule has 0 aliphatic rings. The van der Waals surface area contributed by atoms with Gasteiger partial charge in [0, 0.05) is 6.04 Å². The molecule has 1 aromatic rings. The predicted octanol–water partition coefficient (Wildman–Crippen LogP) is 2.63. The van der Waals surface area contributed by atoms with Crippen molar-refractivity contribution in [2.45, 2.75) is 32.9 Å². The van der Waals surface area contributed by atoms with Crippen LogP contribution >= 0.6 is 0 Å². The number of likely N-dealkylation sites (N-methyl/N-ethyl adjacent to an activating group) is 1. The third kappa shape index (κ3) is 3.48. The van der Waals surface area contributed by atoms with Crippen LogP contribution in [-0.4, -0.2) is 17.7 Å². The summed E-state index contributed by atoms with van der Waals surface area (Å²) < 4.78 is 25.9. The molecule has 0 aliphatic carbocycles. The maximum Gasteiger partial charge on any atom is 0.159 e. The van der Waals surface area contributed by atoms with Crippen LogP contribution in [0.4, 0.5) is 8.78 Å². The van der Waals surface area contributed by atoms with E-state index in [1.54, 1.807) is 0 Å². The normalized spacial score (nSPS) is 15.0. The van der Waals surface area contributed by atoms with Crippen LogP contribution < -0.4 is 5.32 Å². The molecule has 2 nitrogen and oxygen atoms in total. The molecule has 2 unspecified atom stereocenters. The first kappa shape index (κ1) is 14.1. The highest BCUT2D eigenvalue weighted by Crippen LogP contribution is 2.23. The summed E-state index contributed by atoms with van der Waals surface area (Å²) in [4.78, 5) is 0. The van der Waals surface area contributed by atoms with Crippen molar-refractivity contribution in [2.24, 2.45) is 5.92 Å². The SMILES string of the molecule is CCNC(C(C)C)C(O)c1ccc(F)c(F)c1. The van der Waals surface area contributed by atoms with E-state index in [0.29, 0.717) is 12.1 Å². The van der Waals surface area contributed by atoms with Crippen LogP contribution in [0, 0.1) is 17.6 Å². The van der Waals surface area contributed by atoms with E-state index < -0.39 is 17.7 Å². The second-order valence-corrected chi connectivity index (χ2v) is 4.45. The zero-order chi connectivity index (χ0) is 13.0. The molecule has 0 spiro atoms. The molecule has 0 radical (unpaired) electrons. The highest BCUT2D eigenvalue weighted by atomic mass is 19.2. The summed E-state index contributed by atoms with van der Waals surface area (Å²) in [6.07, 6.45) is -0.843. The first-order chi connectivity index (χ1) is 7.97. The minimum atomic E-state index is -0.930. The van der Waals surface area contributed by atoms with Gasteiger partial charge in [0.15, 0.2) is 11.6 Å². The van der Waals surface area contributed by atoms with Crippen molar-refractivity contribution in [1.82, 2.24) is 5.32 Å². The molecular formula is C13H19F2NO. The molecular weight excluding hydrogens is 224 g/mol. The van der Waals surface area contributed by atoms with Gasteiger partial charge in [-0.25, -0.2) is 8.78 Å². The van der Waals surface area contributed by atoms with Gasteiger partial charge in [-0.1, -0.05) is 26.8 Å². The first-order valence-corrected chi connectivity index (χ1v) is 5.83. The molecule has 0 amide bonds. The van der Waals surface area contributed by atoms with Gasteiger partial charge >= 0.3 is 0 Å². The van der Waals surface area contributed by atoms with E-state index in [9.17, 15) is 13.9 Å². The molecule has 0 heterocycles. The van der Waals surface area contributed by atoms with Crippen LogP contribution in [0.15, 0.2) is 18.2 Å². The lowest BCUT2D eigenvalue weighted by Crippen LogP contribution is -2.39. The Labute approximate surface area is 101 Å². The van der Waals surface area contributed by atoms with E-state index in [4.69, 9.17) is 0 Å². The van der Waals surface area contributed by atoms with Gasteiger partial charge in [-0.05, 0) is 30.2 Å². The third-order valence-electron chi connectivity index (χ3n) is 2.78. The van der Waals surface area contributed by atoms with Crippen molar-refractivity contribution < 1.29 is 13.9 Å². The number of hydrogen-bond donors (Lipinski definition) is 2. The number of aliphatic hydroxyl groups excluding tert-OH is 1. The Bertz CT molecular complexity index is 368. The van der Waals surface area contributed by atoms with Crippen molar-refractivity contribution in [3.63, 3.8) is 0 Å². The van der Waals surface area contributed by atoms with Gasteiger partial charge in [0.1, 0.15) is 0 Å². The van der Waals surface area contributed by atoms with E-state index in [-0.39, 0.29) is 12.0 Å². The zero-order valence-electron chi connectivity index (χ0n) is 10.4. The molecule has 4 heteroatoms. The number of rotatable bonds is 5. The minimum absolute atomic E-state index is 0.176. The smallest absolute Gasteiger partial charge is 0.159 e. The van der Waals surface area contributed by atoms with E-state index in [0.717, 1.165) is 12.1 Å². The van der Waals surface area contributed by atoms with Gasteiger partial charge in [0.05, 0.1) is 6.10 Å². The van der Waals surface area contributed by atoms with E-state index >= 15 is 0 Å². The lowest BCUT2D eigenvalue weighted by atomic mass is 9.93. The Hall–Kier alpha value is -1.00. The lowest BCUT2D eigenvalue weighted by Gasteiger charge is -2.27. The molecule has 0 aromatic heterocycles. The van der Waals surface area contributed by atoms with Gasteiger partial charge in [0.2, 0.25) is 0 Å². The number of nitrogens with one attached hydrogen (secondary N) is 1. The Balaban J connectivity index is 2.92. The molecule has 17 heavy (non-hydrogen) atoms. The van der Waals surface area contributed by atoms with Crippen molar-refractivity contribution in [3.8, 4) is 0 Å². The molecule has 0 bridgehead atoms. The summed E-state index contributed by atoms with van der Waals surface area (Å²) in [6, 6.07) is 3.32. The molecule has 2 N–H and O–H groups in total. The molecule has 2 atom stereocenters. The second-order valence-electron chi connectivity index (χ2n) is 4.45. The standard InChI is InChI=1S/C13H19F2NO/c1-4-16-12(8(2)3)13(17)9-5-6-10(14)11(15)7-9/h5-8,12-13,16-17H,4H2,1-3H3. The monoisotopic (exact) mass is 243 g/mol. The summed E-state index contributed by atoms with van der Waals surface area (Å²) in [7, 11) is 0. The Morgan fingerprint density at radius 1 is 1.24 bits per heavy atom. The van der Waals surface area contributed by atoms with Crippen LogP contribution in [-0.2, 0) is 0 Å². The first-order valence-electron chi connectivity index (χ1n) is 5.83. The van der Waals surface area contributed by atoms with Gasteiger partial charge in [-0.2, -0.15) is 0 Å². The summed E-state index contributed by atoms with van der Waals surface area (Å²) in [5.74, 6) is -1.64. The summed E-state index contributed by atoms with van der Waals surface area (Å²) in [6.45, 7) is 6.59. The number of hydrogen-bond acceptors (Lipinski definition) is 2. The van der Waals surface area contributed by atoms with Gasteiger partial charge in [-0.3, -0.25) is 0 Å². The predicted molar refractivity (Wildman–Crippen MR) is 63.6 cm³/mol. The Kier molecular flexibility index (Phi) is 5.02. The van der Waals surface area contributed by atoms with Crippen molar-refractivity contribution in [3.05, 3.63) is 35.4 Å². The maximum absolute atomic E-state index is 13.1. The van der Waals surface area contributed by atoms with E-state index in [1.165, 1.54) is 6.07 Å². The average molecular weight is 243 g/mol. The maximum atomic E-state index is 13.1. The molecule has 96 valence electrons. The van der Waals surface area contributed by atoms with Crippen LogP contribution in [0.3, 0.4) is 0 Å². The fourth-order valence-electron chi connectivity index (χ4n) is 1.85. The van der Waals surface area contributed by atoms with Crippen LogP contribution in [0.5, 0.6) is 0 Å². The summed E-state index contributed by atoms with van der Waals surface area (Å²) >= 11 is 0. The van der Waals surface area contributed by atoms with Gasteiger partial charge in [-0.15, -0.1) is 0 Å². The van der Waals surface area contributed by atoms with Crippen molar-refractivity contribution >= 4 is 0 Å². The van der Waals surface area contributed by atoms with E-state index in [1.807, 2.05) is 20.8 Å². The molecule has 0 aliphatic heterocycles. The molecule has 0 saturated heterocycles. The number of aliphatic hydroxyl groups is 1. The highest BCUT2D eigenvalue weighted by Gasteiger charge is 2.23. The summed E-state index contributed by atoms with van der Waals surface area (Å²) in [5, 5.41) is 13.3. The second kappa shape index (κ2) is 6.07. The average Bonchev–Trinajstić information content (AvgIpc) is 2.28. The Morgan fingerprint density at radius 3 is 2.35 bits per heavy atom. The molecule has 0 saturated carbocycles. The Morgan fingerprint density at radius 2 is 1.88 bits per heavy atom. The third-order valence-corrected chi connectivity index (χ3v) is 2.78. The van der Waals surface area contributed by atoms with Gasteiger partial charge in [0.25, 0.3) is 0 Å². The topological polar surface area (TPSA) is 32.3 Å². The fraction of sp³-hybridized carbons (Fsp3) is 0.538. The molecule has 1 aromatic carbocycles. The largest absolute Gasteiger partial charge is 0.387 e. The van der Waals surface area contributed by atoms with Gasteiger partial charge < -0.3 is 10.4 Å². The minimum Gasteiger partial charge on any atom is -0.387 e. The van der Waals surface area contributed by atoms with Crippen LogP contribution in [0.2, 0.25) is 0 Å². The quantitative estimate of drug-likeness (QED) is 0.833. The van der Waals surface area contributed by atoms with Crippen LogP contribution in [0.25, 0.3) is 0 Å².